The summed E-state index contributed by atoms with van der Waals surface area (Å²) >= 11 is 5.86. The SMILES string of the molecule is CC(=O)N(C)C1CCC(C(=O)COc2ccc(C=NNC(=O)c3ccc(O)c(Cl)c3)c3ccccc23)C1. The Hall–Kier alpha value is -3.91. The average Bonchev–Trinajstić information content (AvgIpc) is 3.39. The second-order valence-corrected chi connectivity index (χ2v) is 9.52. The van der Waals surface area contributed by atoms with Crippen molar-refractivity contribution in [1.82, 2.24) is 10.3 Å². The van der Waals surface area contributed by atoms with E-state index < -0.39 is 5.91 Å². The summed E-state index contributed by atoms with van der Waals surface area (Å²) in [6.45, 7) is 1.50. The molecule has 4 rings (SSSR count). The minimum atomic E-state index is -0.468. The van der Waals surface area contributed by atoms with E-state index in [1.165, 1.54) is 31.3 Å². The highest BCUT2D eigenvalue weighted by molar-refractivity contribution is 6.32. The van der Waals surface area contributed by atoms with Gasteiger partial charge >= 0.3 is 0 Å². The smallest absolute Gasteiger partial charge is 0.271 e. The van der Waals surface area contributed by atoms with E-state index in [1.807, 2.05) is 30.3 Å². The predicted octanol–water partition coefficient (Wildman–Crippen LogP) is 4.56. The number of nitrogens with zero attached hydrogens (tertiary/aromatic N) is 2. The first-order valence-electron chi connectivity index (χ1n) is 12.0. The van der Waals surface area contributed by atoms with Crippen molar-refractivity contribution in [3.8, 4) is 11.5 Å². The molecule has 1 saturated carbocycles. The quantitative estimate of drug-likeness (QED) is 0.334. The molecule has 3 aromatic carbocycles. The predicted molar refractivity (Wildman–Crippen MR) is 142 cm³/mol. The van der Waals surface area contributed by atoms with Gasteiger partial charge in [-0.2, -0.15) is 5.10 Å². The van der Waals surface area contributed by atoms with Crippen LogP contribution in [0.2, 0.25) is 5.02 Å². The Labute approximate surface area is 219 Å². The summed E-state index contributed by atoms with van der Waals surface area (Å²) in [6.07, 6.45) is 3.76. The molecule has 8 nitrogen and oxygen atoms in total. The van der Waals surface area contributed by atoms with Gasteiger partial charge in [0.05, 0.1) is 11.2 Å². The van der Waals surface area contributed by atoms with Gasteiger partial charge in [-0.1, -0.05) is 35.9 Å². The Bertz CT molecular complexity index is 1370. The molecule has 0 radical (unpaired) electrons. The van der Waals surface area contributed by atoms with Crippen LogP contribution in [-0.4, -0.2) is 53.5 Å². The zero-order chi connectivity index (χ0) is 26.5. The van der Waals surface area contributed by atoms with E-state index in [2.05, 4.69) is 10.5 Å². The minimum Gasteiger partial charge on any atom is -0.506 e. The van der Waals surface area contributed by atoms with Gasteiger partial charge in [-0.3, -0.25) is 14.4 Å². The summed E-state index contributed by atoms with van der Waals surface area (Å²) in [5.74, 6) is -0.0643. The number of benzene rings is 3. The number of amides is 2. The number of ether oxygens (including phenoxy) is 1. The number of phenols is 1. The summed E-state index contributed by atoms with van der Waals surface area (Å²) in [6, 6.07) is 15.4. The van der Waals surface area contributed by atoms with Gasteiger partial charge in [-0.15, -0.1) is 0 Å². The number of nitrogens with one attached hydrogen (secondary N) is 1. The molecule has 192 valence electrons. The Balaban J connectivity index is 1.41. The van der Waals surface area contributed by atoms with Crippen molar-refractivity contribution in [2.45, 2.75) is 32.2 Å². The van der Waals surface area contributed by atoms with Gasteiger partial charge in [0, 0.05) is 42.4 Å². The van der Waals surface area contributed by atoms with E-state index in [0.717, 1.165) is 29.2 Å². The lowest BCUT2D eigenvalue weighted by Gasteiger charge is -2.23. The number of Topliss-reactive ketones (excluding diaryl/α,β-unsaturated/α-hetero) is 1. The third kappa shape index (κ3) is 6.09. The number of carbonyl (C=O) groups excluding carboxylic acids is 3. The van der Waals surface area contributed by atoms with Crippen LogP contribution in [0.3, 0.4) is 0 Å². The van der Waals surface area contributed by atoms with Crippen molar-refractivity contribution in [3.63, 3.8) is 0 Å². The zero-order valence-electron chi connectivity index (χ0n) is 20.6. The monoisotopic (exact) mass is 521 g/mol. The standard InChI is InChI=1S/C28H28ClN3O5/c1-17(33)32(2)21-10-7-18(13-21)26(35)16-37-27-12-9-20(22-5-3-4-6-23(22)27)15-30-31-28(36)19-8-11-25(34)24(29)14-19/h3-6,8-9,11-12,14-15,18,21,34H,7,10,13,16H2,1-2H3,(H,31,36). The van der Waals surface area contributed by atoms with Gasteiger partial charge in [0.2, 0.25) is 5.91 Å². The summed E-state index contributed by atoms with van der Waals surface area (Å²) in [5.41, 5.74) is 3.47. The molecule has 0 heterocycles. The molecular formula is C28H28ClN3O5. The van der Waals surface area contributed by atoms with Gasteiger partial charge in [0.15, 0.2) is 5.78 Å². The topological polar surface area (TPSA) is 108 Å². The first-order chi connectivity index (χ1) is 17.7. The summed E-state index contributed by atoms with van der Waals surface area (Å²) in [4.78, 5) is 38.5. The largest absolute Gasteiger partial charge is 0.506 e. The van der Waals surface area contributed by atoms with Crippen LogP contribution in [-0.2, 0) is 9.59 Å². The number of rotatable bonds is 8. The lowest BCUT2D eigenvalue weighted by molar-refractivity contribution is -0.130. The minimum absolute atomic E-state index is 0.00812. The van der Waals surface area contributed by atoms with Crippen LogP contribution in [0.1, 0.15) is 42.1 Å². The molecule has 2 N–H and O–H groups in total. The number of ketones is 1. The van der Waals surface area contributed by atoms with E-state index >= 15 is 0 Å². The van der Waals surface area contributed by atoms with Gasteiger partial charge in [0.25, 0.3) is 5.91 Å². The molecule has 0 spiro atoms. The number of carbonyl (C=O) groups is 3. The Morgan fingerprint density at radius 1 is 1.14 bits per heavy atom. The molecule has 1 aliphatic rings. The molecule has 1 fully saturated rings. The molecule has 0 bridgehead atoms. The molecule has 2 unspecified atom stereocenters. The van der Waals surface area contributed by atoms with Crippen LogP contribution in [0.5, 0.6) is 11.5 Å². The van der Waals surface area contributed by atoms with E-state index in [-0.39, 0.29) is 46.6 Å². The van der Waals surface area contributed by atoms with Crippen molar-refractivity contribution in [3.05, 3.63) is 70.7 Å². The number of phenolic OH excluding ortho intramolecular Hbond substituents is 1. The van der Waals surface area contributed by atoms with Gasteiger partial charge in [-0.05, 0) is 55.0 Å². The molecule has 9 heteroatoms. The van der Waals surface area contributed by atoms with Crippen LogP contribution >= 0.6 is 11.6 Å². The van der Waals surface area contributed by atoms with Gasteiger partial charge < -0.3 is 14.7 Å². The number of halogens is 1. The first-order valence-corrected chi connectivity index (χ1v) is 12.3. The fourth-order valence-electron chi connectivity index (χ4n) is 4.53. The molecule has 37 heavy (non-hydrogen) atoms. The average molecular weight is 522 g/mol. The maximum Gasteiger partial charge on any atom is 0.271 e. The van der Waals surface area contributed by atoms with Gasteiger partial charge in [-0.25, -0.2) is 5.43 Å². The fraction of sp³-hybridized carbons (Fsp3) is 0.286. The zero-order valence-corrected chi connectivity index (χ0v) is 21.4. The molecule has 3 aromatic rings. The number of hydrogen-bond acceptors (Lipinski definition) is 6. The van der Waals surface area contributed by atoms with E-state index in [4.69, 9.17) is 16.3 Å². The van der Waals surface area contributed by atoms with Gasteiger partial charge in [0.1, 0.15) is 18.1 Å². The third-order valence-electron chi connectivity index (χ3n) is 6.77. The highest BCUT2D eigenvalue weighted by Crippen LogP contribution is 2.31. The Morgan fingerprint density at radius 3 is 2.62 bits per heavy atom. The van der Waals surface area contributed by atoms with Crippen LogP contribution in [0.25, 0.3) is 10.8 Å². The molecule has 2 atom stereocenters. The third-order valence-corrected chi connectivity index (χ3v) is 7.07. The van der Waals surface area contributed by atoms with E-state index in [0.29, 0.717) is 12.2 Å². The maximum atomic E-state index is 12.8. The lowest BCUT2D eigenvalue weighted by Crippen LogP contribution is -2.34. The molecule has 0 saturated heterocycles. The molecular weight excluding hydrogens is 494 g/mol. The number of fused-ring (bicyclic) bond motifs is 1. The van der Waals surface area contributed by atoms with E-state index in [9.17, 15) is 19.5 Å². The Kier molecular flexibility index (Phi) is 8.08. The Morgan fingerprint density at radius 2 is 1.89 bits per heavy atom. The van der Waals surface area contributed by atoms with Crippen LogP contribution in [0.15, 0.2) is 59.7 Å². The molecule has 2 amide bonds. The highest BCUT2D eigenvalue weighted by Gasteiger charge is 2.33. The normalized spacial score (nSPS) is 17.2. The van der Waals surface area contributed by atoms with Crippen LogP contribution < -0.4 is 10.2 Å². The summed E-state index contributed by atoms with van der Waals surface area (Å²) < 4.78 is 5.94. The second kappa shape index (κ2) is 11.4. The number of hydrazone groups is 1. The highest BCUT2D eigenvalue weighted by atomic mass is 35.5. The molecule has 0 aromatic heterocycles. The van der Waals surface area contributed by atoms with Crippen molar-refractivity contribution in [1.29, 1.82) is 0 Å². The van der Waals surface area contributed by atoms with Crippen molar-refractivity contribution >= 4 is 46.2 Å². The maximum absolute atomic E-state index is 12.8. The summed E-state index contributed by atoms with van der Waals surface area (Å²) in [7, 11) is 1.78. The van der Waals surface area contributed by atoms with E-state index in [1.54, 1.807) is 18.0 Å². The summed E-state index contributed by atoms with van der Waals surface area (Å²) in [5, 5.41) is 15.3. The van der Waals surface area contributed by atoms with Crippen molar-refractivity contribution < 1.29 is 24.2 Å². The van der Waals surface area contributed by atoms with Crippen molar-refractivity contribution in [2.24, 2.45) is 11.0 Å². The number of hydrogen-bond donors (Lipinski definition) is 2. The van der Waals surface area contributed by atoms with Crippen LogP contribution in [0.4, 0.5) is 0 Å². The molecule has 0 aliphatic heterocycles. The number of aromatic hydroxyl groups is 1. The lowest BCUT2D eigenvalue weighted by atomic mass is 10.0. The first kappa shape index (κ1) is 26.2. The van der Waals surface area contributed by atoms with Crippen LogP contribution in [0, 0.1) is 5.92 Å². The van der Waals surface area contributed by atoms with Crippen molar-refractivity contribution in [2.75, 3.05) is 13.7 Å². The second-order valence-electron chi connectivity index (χ2n) is 9.11. The fourth-order valence-corrected chi connectivity index (χ4v) is 4.71. The molecule has 1 aliphatic carbocycles.